The van der Waals surface area contributed by atoms with Gasteiger partial charge in [0.15, 0.2) is 0 Å². The molecule has 7 heteroatoms. The molecule has 168 valence electrons. The number of hydrogen-bond donors (Lipinski definition) is 3. The number of carbonyl (C=O) groups is 3. The van der Waals surface area contributed by atoms with Crippen molar-refractivity contribution in [2.45, 2.75) is 6.92 Å². The highest BCUT2D eigenvalue weighted by Gasteiger charge is 2.13. The number of anilines is 3. The van der Waals surface area contributed by atoms with E-state index in [9.17, 15) is 14.4 Å². The van der Waals surface area contributed by atoms with Gasteiger partial charge in [-0.2, -0.15) is 0 Å². The summed E-state index contributed by atoms with van der Waals surface area (Å²) in [6.07, 6.45) is 3.18. The summed E-state index contributed by atoms with van der Waals surface area (Å²) in [6, 6.07) is 24.0. The van der Waals surface area contributed by atoms with Crippen molar-refractivity contribution in [3.8, 4) is 0 Å². The van der Waals surface area contributed by atoms with Crippen LogP contribution in [-0.4, -0.2) is 22.7 Å². The zero-order valence-corrected chi connectivity index (χ0v) is 18.4. The minimum absolute atomic E-state index is 0.255. The summed E-state index contributed by atoms with van der Waals surface area (Å²) in [5.74, 6) is -0.917. The normalized spacial score (nSPS) is 10.3. The molecule has 4 rings (SSSR count). The third-order valence-corrected chi connectivity index (χ3v) is 5.10. The standard InChI is InChI=1S/C27H22N4O3/c1-18-10-11-21(17-24(18)31-25(32)19-6-3-2-4-7-19)27(34)30-23-9-5-8-20(16-23)26(33)29-22-12-14-28-15-13-22/h2-17H,1H3,(H,30,34)(H,31,32)(H,28,29,33). The van der Waals surface area contributed by atoms with Gasteiger partial charge in [-0.25, -0.2) is 0 Å². The quantitative estimate of drug-likeness (QED) is 0.378. The van der Waals surface area contributed by atoms with Gasteiger partial charge >= 0.3 is 0 Å². The molecule has 3 amide bonds. The van der Waals surface area contributed by atoms with Crippen LogP contribution >= 0.6 is 0 Å². The molecule has 0 bridgehead atoms. The Morgan fingerprint density at radius 2 is 1.21 bits per heavy atom. The Morgan fingerprint density at radius 3 is 1.94 bits per heavy atom. The van der Waals surface area contributed by atoms with Crippen LogP contribution in [0.4, 0.5) is 17.1 Å². The molecule has 34 heavy (non-hydrogen) atoms. The van der Waals surface area contributed by atoms with Crippen LogP contribution in [0.1, 0.15) is 36.6 Å². The van der Waals surface area contributed by atoms with E-state index in [1.54, 1.807) is 91.3 Å². The van der Waals surface area contributed by atoms with E-state index in [2.05, 4.69) is 20.9 Å². The van der Waals surface area contributed by atoms with Gasteiger partial charge in [0.25, 0.3) is 17.7 Å². The average molecular weight is 450 g/mol. The molecule has 7 nitrogen and oxygen atoms in total. The van der Waals surface area contributed by atoms with Crippen molar-refractivity contribution in [1.29, 1.82) is 0 Å². The molecule has 0 aliphatic rings. The zero-order chi connectivity index (χ0) is 23.9. The number of benzene rings is 3. The topological polar surface area (TPSA) is 100 Å². The van der Waals surface area contributed by atoms with E-state index in [4.69, 9.17) is 0 Å². The summed E-state index contributed by atoms with van der Waals surface area (Å²) in [4.78, 5) is 41.9. The van der Waals surface area contributed by atoms with Gasteiger partial charge in [0.2, 0.25) is 0 Å². The molecule has 0 radical (unpaired) electrons. The summed E-state index contributed by atoms with van der Waals surface area (Å²) in [7, 11) is 0. The molecule has 1 heterocycles. The number of nitrogens with one attached hydrogen (secondary N) is 3. The summed E-state index contributed by atoms with van der Waals surface area (Å²) in [5, 5.41) is 8.45. The number of aryl methyl sites for hydroxylation is 1. The SMILES string of the molecule is Cc1ccc(C(=O)Nc2cccc(C(=O)Nc3ccncc3)c2)cc1NC(=O)c1ccccc1. The maximum atomic E-state index is 12.9. The molecular weight excluding hydrogens is 428 g/mol. The van der Waals surface area contributed by atoms with Crippen LogP contribution < -0.4 is 16.0 Å². The lowest BCUT2D eigenvalue weighted by atomic mass is 10.1. The van der Waals surface area contributed by atoms with Crippen LogP contribution in [-0.2, 0) is 0 Å². The van der Waals surface area contributed by atoms with Gasteiger partial charge in [-0.1, -0.05) is 30.3 Å². The van der Waals surface area contributed by atoms with E-state index in [0.29, 0.717) is 33.8 Å². The highest BCUT2D eigenvalue weighted by atomic mass is 16.2. The molecule has 1 aromatic heterocycles. The first-order valence-electron chi connectivity index (χ1n) is 10.6. The van der Waals surface area contributed by atoms with Crippen LogP contribution in [0.5, 0.6) is 0 Å². The highest BCUT2D eigenvalue weighted by molar-refractivity contribution is 6.09. The fourth-order valence-corrected chi connectivity index (χ4v) is 3.26. The monoisotopic (exact) mass is 450 g/mol. The van der Waals surface area contributed by atoms with Crippen molar-refractivity contribution in [3.05, 3.63) is 120 Å². The third kappa shape index (κ3) is 5.52. The second-order valence-electron chi connectivity index (χ2n) is 7.57. The number of rotatable bonds is 6. The van der Waals surface area contributed by atoms with E-state index in [1.165, 1.54) is 0 Å². The molecule has 0 spiro atoms. The number of hydrogen-bond acceptors (Lipinski definition) is 4. The second kappa shape index (κ2) is 10.2. The van der Waals surface area contributed by atoms with Gasteiger partial charge < -0.3 is 16.0 Å². The summed E-state index contributed by atoms with van der Waals surface area (Å²) in [6.45, 7) is 1.85. The van der Waals surface area contributed by atoms with Crippen molar-refractivity contribution < 1.29 is 14.4 Å². The zero-order valence-electron chi connectivity index (χ0n) is 18.4. The highest BCUT2D eigenvalue weighted by Crippen LogP contribution is 2.20. The minimum atomic E-state index is -0.359. The average Bonchev–Trinajstić information content (AvgIpc) is 2.86. The van der Waals surface area contributed by atoms with Crippen LogP contribution in [0.3, 0.4) is 0 Å². The van der Waals surface area contributed by atoms with Gasteiger partial charge in [-0.3, -0.25) is 19.4 Å². The first kappa shape index (κ1) is 22.4. The Balaban J connectivity index is 1.46. The molecule has 0 unspecified atom stereocenters. The lowest BCUT2D eigenvalue weighted by Crippen LogP contribution is -2.16. The Labute approximate surface area is 196 Å². The van der Waals surface area contributed by atoms with Gasteiger partial charge in [0.1, 0.15) is 0 Å². The fraction of sp³-hybridized carbons (Fsp3) is 0.0370. The maximum absolute atomic E-state index is 12.9. The number of amides is 3. The minimum Gasteiger partial charge on any atom is -0.322 e. The van der Waals surface area contributed by atoms with Crippen molar-refractivity contribution >= 4 is 34.8 Å². The maximum Gasteiger partial charge on any atom is 0.255 e. The summed E-state index contributed by atoms with van der Waals surface area (Å²) in [5.41, 5.74) is 3.78. The van der Waals surface area contributed by atoms with Crippen molar-refractivity contribution in [3.63, 3.8) is 0 Å². The summed E-state index contributed by atoms with van der Waals surface area (Å²) < 4.78 is 0. The molecule has 0 saturated heterocycles. The molecule has 0 aliphatic carbocycles. The Bertz CT molecular complexity index is 1340. The lowest BCUT2D eigenvalue weighted by Gasteiger charge is -2.12. The largest absolute Gasteiger partial charge is 0.322 e. The van der Waals surface area contributed by atoms with Gasteiger partial charge in [0, 0.05) is 46.1 Å². The first-order chi connectivity index (χ1) is 16.5. The Hall–Kier alpha value is -4.78. The Kier molecular flexibility index (Phi) is 6.74. The van der Waals surface area contributed by atoms with Gasteiger partial charge in [-0.05, 0) is 67.1 Å². The molecule has 3 aromatic carbocycles. The van der Waals surface area contributed by atoms with Crippen LogP contribution in [0.25, 0.3) is 0 Å². The van der Waals surface area contributed by atoms with E-state index < -0.39 is 0 Å². The van der Waals surface area contributed by atoms with Gasteiger partial charge in [0.05, 0.1) is 0 Å². The van der Waals surface area contributed by atoms with Gasteiger partial charge in [-0.15, -0.1) is 0 Å². The van der Waals surface area contributed by atoms with Crippen molar-refractivity contribution in [2.75, 3.05) is 16.0 Å². The lowest BCUT2D eigenvalue weighted by molar-refractivity contribution is 0.101. The third-order valence-electron chi connectivity index (χ3n) is 5.10. The smallest absolute Gasteiger partial charge is 0.255 e. The number of carbonyl (C=O) groups excluding carboxylic acids is 3. The summed E-state index contributed by atoms with van der Waals surface area (Å²) >= 11 is 0. The molecule has 0 aliphatic heterocycles. The van der Waals surface area contributed by atoms with Crippen LogP contribution in [0.15, 0.2) is 97.3 Å². The van der Waals surface area contributed by atoms with Crippen molar-refractivity contribution in [1.82, 2.24) is 4.98 Å². The second-order valence-corrected chi connectivity index (χ2v) is 7.57. The molecule has 0 saturated carbocycles. The molecule has 3 N–H and O–H groups in total. The van der Waals surface area contributed by atoms with Crippen LogP contribution in [0, 0.1) is 6.92 Å². The molecule has 0 fully saturated rings. The number of nitrogens with zero attached hydrogens (tertiary/aromatic N) is 1. The Morgan fingerprint density at radius 1 is 0.588 bits per heavy atom. The van der Waals surface area contributed by atoms with E-state index >= 15 is 0 Å². The molecular formula is C27H22N4O3. The first-order valence-corrected chi connectivity index (χ1v) is 10.6. The molecule has 0 atom stereocenters. The van der Waals surface area contributed by atoms with E-state index in [-0.39, 0.29) is 17.7 Å². The van der Waals surface area contributed by atoms with E-state index in [1.807, 2.05) is 13.0 Å². The predicted molar refractivity (Wildman–Crippen MR) is 132 cm³/mol. The fourth-order valence-electron chi connectivity index (χ4n) is 3.26. The molecule has 4 aromatic rings. The number of aromatic nitrogens is 1. The number of pyridine rings is 1. The van der Waals surface area contributed by atoms with E-state index in [0.717, 1.165) is 5.56 Å². The predicted octanol–water partition coefficient (Wildman–Crippen LogP) is 5.15. The van der Waals surface area contributed by atoms with Crippen LogP contribution in [0.2, 0.25) is 0 Å². The van der Waals surface area contributed by atoms with Crippen molar-refractivity contribution in [2.24, 2.45) is 0 Å².